The van der Waals surface area contributed by atoms with E-state index in [0.717, 1.165) is 28.0 Å². The molecule has 0 fully saturated rings. The van der Waals surface area contributed by atoms with Crippen LogP contribution < -0.4 is 0 Å². The number of hydrogen-bond acceptors (Lipinski definition) is 6. The zero-order chi connectivity index (χ0) is 22.4. The van der Waals surface area contributed by atoms with E-state index in [1.165, 1.54) is 0 Å². The van der Waals surface area contributed by atoms with Crippen molar-refractivity contribution in [1.82, 2.24) is 29.8 Å². The Hall–Kier alpha value is -4.33. The number of nitrogens with zero attached hydrogens (tertiary/aromatic N) is 5. The van der Waals surface area contributed by atoms with Gasteiger partial charge in [-0.2, -0.15) is 0 Å². The number of hydrogen-bond donors (Lipinski definition) is 1. The van der Waals surface area contributed by atoms with Gasteiger partial charge in [-0.25, -0.2) is 9.97 Å². The summed E-state index contributed by atoms with van der Waals surface area (Å²) < 4.78 is 5.93. The van der Waals surface area contributed by atoms with Gasteiger partial charge >= 0.3 is 0 Å². The number of rotatable bonds is 3. The van der Waals surface area contributed by atoms with E-state index in [9.17, 15) is 4.79 Å². The van der Waals surface area contributed by atoms with Gasteiger partial charge in [-0.1, -0.05) is 30.3 Å². The SMILES string of the molecule is Cc1nc(-c2ccccn2)oc1C(=O)N1CCc2[nH]cnc2[C@@H]1c1ccc2ccccc2n1. The highest BCUT2D eigenvalue weighted by Crippen LogP contribution is 2.35. The van der Waals surface area contributed by atoms with Crippen molar-refractivity contribution in [1.29, 1.82) is 0 Å². The fourth-order valence-electron chi connectivity index (χ4n) is 4.35. The Labute approximate surface area is 189 Å². The number of fused-ring (bicyclic) bond motifs is 2. The number of para-hydroxylation sites is 1. The minimum atomic E-state index is -0.431. The molecule has 1 N–H and O–H groups in total. The molecule has 0 radical (unpaired) electrons. The summed E-state index contributed by atoms with van der Waals surface area (Å²) in [6.07, 6.45) is 4.01. The summed E-state index contributed by atoms with van der Waals surface area (Å²) >= 11 is 0. The van der Waals surface area contributed by atoms with Crippen molar-refractivity contribution >= 4 is 16.8 Å². The van der Waals surface area contributed by atoms with Gasteiger partial charge in [-0.05, 0) is 31.2 Å². The number of carbonyl (C=O) groups is 1. The summed E-state index contributed by atoms with van der Waals surface area (Å²) in [5.74, 6) is 0.297. The highest BCUT2D eigenvalue weighted by Gasteiger charge is 2.37. The van der Waals surface area contributed by atoms with E-state index in [4.69, 9.17) is 9.40 Å². The Kier molecular flexibility index (Phi) is 4.50. The second-order valence-electron chi connectivity index (χ2n) is 7.99. The predicted molar refractivity (Wildman–Crippen MR) is 121 cm³/mol. The van der Waals surface area contributed by atoms with Gasteiger partial charge in [0.2, 0.25) is 11.7 Å². The van der Waals surface area contributed by atoms with Crippen molar-refractivity contribution in [2.24, 2.45) is 0 Å². The molecule has 0 saturated carbocycles. The highest BCUT2D eigenvalue weighted by atomic mass is 16.4. The van der Waals surface area contributed by atoms with E-state index < -0.39 is 6.04 Å². The Balaban J connectivity index is 1.43. The van der Waals surface area contributed by atoms with Crippen molar-refractivity contribution in [3.8, 4) is 11.6 Å². The van der Waals surface area contributed by atoms with Gasteiger partial charge in [0.15, 0.2) is 0 Å². The van der Waals surface area contributed by atoms with Crippen LogP contribution in [0.15, 0.2) is 71.5 Å². The summed E-state index contributed by atoms with van der Waals surface area (Å²) in [7, 11) is 0. The van der Waals surface area contributed by atoms with Crippen LogP contribution in [-0.2, 0) is 6.42 Å². The van der Waals surface area contributed by atoms with Crippen LogP contribution in [0.5, 0.6) is 0 Å². The van der Waals surface area contributed by atoms with Gasteiger partial charge in [0, 0.05) is 30.2 Å². The number of nitrogens with one attached hydrogen (secondary N) is 1. The van der Waals surface area contributed by atoms with Gasteiger partial charge in [0.25, 0.3) is 5.91 Å². The lowest BCUT2D eigenvalue weighted by Gasteiger charge is -2.34. The average Bonchev–Trinajstić information content (AvgIpc) is 3.50. The molecular weight excluding hydrogens is 416 g/mol. The maximum absolute atomic E-state index is 13.8. The number of amides is 1. The van der Waals surface area contributed by atoms with Crippen molar-refractivity contribution in [3.63, 3.8) is 0 Å². The number of aromatic nitrogens is 5. The monoisotopic (exact) mass is 436 g/mol. The van der Waals surface area contributed by atoms with Crippen LogP contribution in [0.25, 0.3) is 22.5 Å². The van der Waals surface area contributed by atoms with E-state index in [-0.39, 0.29) is 11.7 Å². The van der Waals surface area contributed by atoms with E-state index in [2.05, 4.69) is 19.9 Å². The molecule has 0 aliphatic carbocycles. The van der Waals surface area contributed by atoms with Crippen LogP contribution in [0.2, 0.25) is 0 Å². The first-order valence-corrected chi connectivity index (χ1v) is 10.8. The second kappa shape index (κ2) is 7.67. The quantitative estimate of drug-likeness (QED) is 0.457. The molecule has 1 amide bonds. The van der Waals surface area contributed by atoms with Crippen LogP contribution in [0, 0.1) is 6.92 Å². The van der Waals surface area contributed by atoms with Gasteiger partial charge < -0.3 is 14.3 Å². The first-order valence-electron chi connectivity index (χ1n) is 10.8. The lowest BCUT2D eigenvalue weighted by Crippen LogP contribution is -2.41. The molecule has 1 atom stereocenters. The molecule has 5 heterocycles. The smallest absolute Gasteiger partial charge is 0.292 e. The first-order chi connectivity index (χ1) is 16.2. The van der Waals surface area contributed by atoms with Crippen LogP contribution in [-0.4, -0.2) is 42.3 Å². The lowest BCUT2D eigenvalue weighted by atomic mass is 9.98. The summed E-state index contributed by atoms with van der Waals surface area (Å²) in [4.78, 5) is 36.9. The van der Waals surface area contributed by atoms with Gasteiger partial charge in [0.1, 0.15) is 11.7 Å². The predicted octanol–water partition coefficient (Wildman–Crippen LogP) is 4.10. The maximum Gasteiger partial charge on any atom is 0.292 e. The van der Waals surface area contributed by atoms with Crippen molar-refractivity contribution < 1.29 is 9.21 Å². The minimum absolute atomic E-state index is 0.209. The molecule has 8 heteroatoms. The molecule has 0 bridgehead atoms. The van der Waals surface area contributed by atoms with Crippen molar-refractivity contribution in [2.45, 2.75) is 19.4 Å². The number of benzene rings is 1. The summed E-state index contributed by atoms with van der Waals surface area (Å²) in [6.45, 7) is 2.28. The molecule has 5 aromatic rings. The number of aryl methyl sites for hydroxylation is 1. The molecular formula is C25H20N6O2. The molecule has 8 nitrogen and oxygen atoms in total. The third kappa shape index (κ3) is 3.27. The number of oxazole rings is 1. The summed E-state index contributed by atoms with van der Waals surface area (Å²) in [5.41, 5.74) is 4.57. The Bertz CT molecular complexity index is 1470. The maximum atomic E-state index is 13.8. The second-order valence-corrected chi connectivity index (χ2v) is 7.99. The third-order valence-corrected chi connectivity index (χ3v) is 5.96. The number of H-pyrrole nitrogens is 1. The molecule has 1 aromatic carbocycles. The minimum Gasteiger partial charge on any atom is -0.429 e. The van der Waals surface area contributed by atoms with E-state index >= 15 is 0 Å². The van der Waals surface area contributed by atoms with Gasteiger partial charge in [0.05, 0.1) is 28.9 Å². The molecule has 1 aliphatic rings. The zero-order valence-corrected chi connectivity index (χ0v) is 17.9. The van der Waals surface area contributed by atoms with Gasteiger partial charge in [-0.3, -0.25) is 14.8 Å². The standard InChI is InChI=1S/C25H20N6O2/c1-15-23(33-24(29-15)20-8-4-5-12-26-20)25(32)31-13-11-18-21(28-14-27-18)22(31)19-10-9-16-6-2-3-7-17(16)30-19/h2-10,12,14,22H,11,13H2,1H3,(H,27,28)/t22-/m0/s1. The molecule has 4 aromatic heterocycles. The van der Waals surface area contributed by atoms with Crippen molar-refractivity contribution in [3.05, 3.63) is 95.7 Å². The molecule has 33 heavy (non-hydrogen) atoms. The number of pyridine rings is 2. The Morgan fingerprint density at radius 3 is 2.82 bits per heavy atom. The highest BCUT2D eigenvalue weighted by molar-refractivity contribution is 5.93. The fourth-order valence-corrected chi connectivity index (χ4v) is 4.35. The Morgan fingerprint density at radius 1 is 1.06 bits per heavy atom. The molecule has 0 unspecified atom stereocenters. The van der Waals surface area contributed by atoms with Crippen molar-refractivity contribution in [2.75, 3.05) is 6.54 Å². The largest absolute Gasteiger partial charge is 0.429 e. The topological polar surface area (TPSA) is 101 Å². The average molecular weight is 436 g/mol. The van der Waals surface area contributed by atoms with Crippen LogP contribution >= 0.6 is 0 Å². The van der Waals surface area contributed by atoms with Gasteiger partial charge in [-0.15, -0.1) is 0 Å². The zero-order valence-electron chi connectivity index (χ0n) is 17.9. The number of aromatic amines is 1. The van der Waals surface area contributed by atoms with E-state index in [0.29, 0.717) is 30.2 Å². The fraction of sp³-hybridized carbons (Fsp3) is 0.160. The van der Waals surface area contributed by atoms with Crippen LogP contribution in [0.4, 0.5) is 0 Å². The lowest BCUT2D eigenvalue weighted by molar-refractivity contribution is 0.0654. The molecule has 1 aliphatic heterocycles. The van der Waals surface area contributed by atoms with E-state index in [1.54, 1.807) is 30.4 Å². The van der Waals surface area contributed by atoms with E-state index in [1.807, 2.05) is 48.5 Å². The summed E-state index contributed by atoms with van der Waals surface area (Å²) in [5, 5.41) is 1.04. The first kappa shape index (κ1) is 19.4. The normalized spacial score (nSPS) is 15.5. The molecule has 0 spiro atoms. The Morgan fingerprint density at radius 2 is 1.94 bits per heavy atom. The van der Waals surface area contributed by atoms with Crippen LogP contribution in [0.3, 0.4) is 0 Å². The summed E-state index contributed by atoms with van der Waals surface area (Å²) in [6, 6.07) is 17.0. The van der Waals surface area contributed by atoms with Crippen LogP contribution in [0.1, 0.15) is 39.4 Å². The molecule has 0 saturated heterocycles. The number of imidazole rings is 1. The molecule has 6 rings (SSSR count). The molecule has 162 valence electrons. The number of carbonyl (C=O) groups excluding carboxylic acids is 1. The third-order valence-electron chi connectivity index (χ3n) is 5.96.